The van der Waals surface area contributed by atoms with Crippen molar-refractivity contribution in [1.29, 1.82) is 0 Å². The number of hydrogen-bond donors (Lipinski definition) is 0. The fourth-order valence-electron chi connectivity index (χ4n) is 4.38. The molecule has 1 atom stereocenters. The highest BCUT2D eigenvalue weighted by molar-refractivity contribution is 5.63. The van der Waals surface area contributed by atoms with Crippen molar-refractivity contribution >= 4 is 5.78 Å². The van der Waals surface area contributed by atoms with Crippen molar-refractivity contribution in [3.63, 3.8) is 0 Å². The van der Waals surface area contributed by atoms with Crippen molar-refractivity contribution in [3.05, 3.63) is 83.9 Å². The third-order valence-corrected chi connectivity index (χ3v) is 5.80. The van der Waals surface area contributed by atoms with E-state index in [4.69, 9.17) is 0 Å². The van der Waals surface area contributed by atoms with E-state index >= 15 is 0 Å². The zero-order valence-corrected chi connectivity index (χ0v) is 16.7. The van der Waals surface area contributed by atoms with Crippen molar-refractivity contribution in [1.82, 2.24) is 24.5 Å². The topological polar surface area (TPSA) is 46.3 Å². The number of hydrogen-bond acceptors (Lipinski definition) is 4. The third-order valence-electron chi connectivity index (χ3n) is 5.80. The molecule has 0 aliphatic carbocycles. The number of piperidine rings is 1. The van der Waals surface area contributed by atoms with Crippen LogP contribution < -0.4 is 0 Å². The highest BCUT2D eigenvalue weighted by Crippen LogP contribution is 2.28. The molecule has 146 valence electrons. The Morgan fingerprint density at radius 2 is 1.79 bits per heavy atom. The molecule has 5 rings (SSSR count). The van der Waals surface area contributed by atoms with Gasteiger partial charge < -0.3 is 0 Å². The summed E-state index contributed by atoms with van der Waals surface area (Å²) in [6, 6.07) is 21.7. The molecule has 5 heteroatoms. The molecular weight excluding hydrogens is 358 g/mol. The van der Waals surface area contributed by atoms with Gasteiger partial charge in [0.15, 0.2) is 0 Å². The van der Waals surface area contributed by atoms with Gasteiger partial charge in [-0.25, -0.2) is 9.50 Å². The Morgan fingerprint density at radius 3 is 2.62 bits per heavy atom. The molecule has 2 aromatic heterocycles. The summed E-state index contributed by atoms with van der Waals surface area (Å²) in [5.41, 5.74) is 6.14. The van der Waals surface area contributed by atoms with E-state index in [-0.39, 0.29) is 0 Å². The lowest BCUT2D eigenvalue weighted by molar-refractivity contribution is 0.197. The maximum absolute atomic E-state index is 4.49. The van der Waals surface area contributed by atoms with Crippen LogP contribution in [0.4, 0.5) is 0 Å². The Hall–Kier alpha value is -3.05. The molecule has 29 heavy (non-hydrogen) atoms. The minimum atomic E-state index is 0.457. The minimum absolute atomic E-state index is 0.457. The number of benzene rings is 2. The molecule has 1 saturated heterocycles. The van der Waals surface area contributed by atoms with Gasteiger partial charge in [0.05, 0.1) is 5.69 Å². The number of aryl methyl sites for hydroxylation is 1. The Morgan fingerprint density at radius 1 is 1.00 bits per heavy atom. The zero-order valence-electron chi connectivity index (χ0n) is 16.7. The summed E-state index contributed by atoms with van der Waals surface area (Å²) in [5, 5.41) is 4.41. The van der Waals surface area contributed by atoms with Crippen LogP contribution in [-0.4, -0.2) is 37.6 Å². The van der Waals surface area contributed by atoms with Gasteiger partial charge in [0.1, 0.15) is 6.33 Å². The maximum Gasteiger partial charge on any atom is 0.252 e. The van der Waals surface area contributed by atoms with Crippen LogP contribution in [-0.2, 0) is 6.54 Å². The van der Waals surface area contributed by atoms with Gasteiger partial charge in [0.2, 0.25) is 0 Å². The van der Waals surface area contributed by atoms with Crippen molar-refractivity contribution in [2.75, 3.05) is 13.1 Å². The van der Waals surface area contributed by atoms with Gasteiger partial charge in [-0.2, -0.15) is 10.1 Å². The number of rotatable bonds is 4. The van der Waals surface area contributed by atoms with Crippen molar-refractivity contribution < 1.29 is 0 Å². The molecule has 1 unspecified atom stereocenters. The van der Waals surface area contributed by atoms with E-state index in [9.17, 15) is 0 Å². The van der Waals surface area contributed by atoms with Crippen molar-refractivity contribution in [2.45, 2.75) is 32.2 Å². The van der Waals surface area contributed by atoms with Gasteiger partial charge in [-0.15, -0.1) is 0 Å². The number of fused-ring (bicyclic) bond motifs is 1. The summed E-state index contributed by atoms with van der Waals surface area (Å²) in [6.07, 6.45) is 3.98. The molecule has 4 aromatic rings. The maximum atomic E-state index is 4.49. The first-order valence-corrected chi connectivity index (χ1v) is 10.3. The molecule has 0 radical (unpaired) electrons. The molecule has 1 aliphatic heterocycles. The summed E-state index contributed by atoms with van der Waals surface area (Å²) in [4.78, 5) is 11.3. The highest BCUT2D eigenvalue weighted by atomic mass is 15.3. The van der Waals surface area contributed by atoms with E-state index in [0.717, 1.165) is 25.3 Å². The normalized spacial score (nSPS) is 17.6. The van der Waals surface area contributed by atoms with Gasteiger partial charge in [-0.3, -0.25) is 4.90 Å². The molecule has 1 fully saturated rings. The predicted octanol–water partition coefficient (Wildman–Crippen LogP) is 4.48. The van der Waals surface area contributed by atoms with Crippen LogP contribution in [0.1, 0.15) is 35.7 Å². The second-order valence-corrected chi connectivity index (χ2v) is 7.93. The summed E-state index contributed by atoms with van der Waals surface area (Å²) >= 11 is 0. The molecule has 1 aliphatic rings. The first-order chi connectivity index (χ1) is 14.3. The van der Waals surface area contributed by atoms with Crippen LogP contribution in [0.2, 0.25) is 0 Å². The van der Waals surface area contributed by atoms with Crippen molar-refractivity contribution in [3.8, 4) is 11.1 Å². The van der Waals surface area contributed by atoms with E-state index in [2.05, 4.69) is 80.6 Å². The lowest BCUT2D eigenvalue weighted by atomic mass is 9.93. The summed E-state index contributed by atoms with van der Waals surface area (Å²) in [5.74, 6) is 1.16. The van der Waals surface area contributed by atoms with Gasteiger partial charge in [-0.1, -0.05) is 54.6 Å². The van der Waals surface area contributed by atoms with Crippen LogP contribution in [0.3, 0.4) is 0 Å². The van der Waals surface area contributed by atoms with Gasteiger partial charge in [0, 0.05) is 24.7 Å². The summed E-state index contributed by atoms with van der Waals surface area (Å²) in [6.45, 7) is 5.20. The first-order valence-electron chi connectivity index (χ1n) is 10.3. The molecule has 5 nitrogen and oxygen atoms in total. The molecule has 3 heterocycles. The quantitative estimate of drug-likeness (QED) is 0.521. The van der Waals surface area contributed by atoms with Crippen LogP contribution >= 0.6 is 0 Å². The Kier molecular flexibility index (Phi) is 4.82. The van der Waals surface area contributed by atoms with Crippen LogP contribution in [0.5, 0.6) is 0 Å². The Bertz CT molecular complexity index is 1100. The standard InChI is InChI=1S/C24H25N5/c1-18-14-23(29-24(27-18)25-17-26-29)22-8-5-13-28(16-22)15-19-9-11-21(12-10-19)20-6-3-2-4-7-20/h2-4,6-7,9-12,14,17,22H,5,8,13,15-16H2,1H3. The molecule has 0 bridgehead atoms. The number of likely N-dealkylation sites (tertiary alicyclic amines) is 1. The molecule has 0 amide bonds. The lowest BCUT2D eigenvalue weighted by Crippen LogP contribution is -2.34. The van der Waals surface area contributed by atoms with E-state index in [1.54, 1.807) is 6.33 Å². The summed E-state index contributed by atoms with van der Waals surface area (Å²) < 4.78 is 1.91. The van der Waals surface area contributed by atoms with E-state index in [0.29, 0.717) is 11.7 Å². The van der Waals surface area contributed by atoms with Crippen LogP contribution in [0.15, 0.2) is 67.0 Å². The number of nitrogens with zero attached hydrogens (tertiary/aromatic N) is 5. The predicted molar refractivity (Wildman–Crippen MR) is 115 cm³/mol. The second kappa shape index (κ2) is 7.76. The van der Waals surface area contributed by atoms with Gasteiger partial charge in [-0.05, 0) is 49.1 Å². The molecular formula is C24H25N5. The molecule has 0 N–H and O–H groups in total. The Balaban J connectivity index is 1.32. The second-order valence-electron chi connectivity index (χ2n) is 7.93. The molecule has 0 spiro atoms. The van der Waals surface area contributed by atoms with E-state index < -0.39 is 0 Å². The van der Waals surface area contributed by atoms with Gasteiger partial charge in [0.25, 0.3) is 5.78 Å². The highest BCUT2D eigenvalue weighted by Gasteiger charge is 2.24. The average molecular weight is 383 g/mol. The lowest BCUT2D eigenvalue weighted by Gasteiger charge is -2.33. The van der Waals surface area contributed by atoms with Crippen LogP contribution in [0, 0.1) is 6.92 Å². The largest absolute Gasteiger partial charge is 0.298 e. The fourth-order valence-corrected chi connectivity index (χ4v) is 4.38. The molecule has 0 saturated carbocycles. The number of aromatic nitrogens is 4. The van der Waals surface area contributed by atoms with Crippen molar-refractivity contribution in [2.24, 2.45) is 0 Å². The SMILES string of the molecule is Cc1cc(C2CCCN(Cc3ccc(-c4ccccc4)cc3)C2)n2ncnc2n1. The Labute approximate surface area is 171 Å². The first kappa shape index (κ1) is 18.0. The minimum Gasteiger partial charge on any atom is -0.298 e. The third kappa shape index (κ3) is 3.78. The van der Waals surface area contributed by atoms with E-state index in [1.807, 2.05) is 11.4 Å². The monoisotopic (exact) mass is 383 g/mol. The smallest absolute Gasteiger partial charge is 0.252 e. The zero-order chi connectivity index (χ0) is 19.6. The van der Waals surface area contributed by atoms with E-state index in [1.165, 1.54) is 35.2 Å². The summed E-state index contributed by atoms with van der Waals surface area (Å²) in [7, 11) is 0. The van der Waals surface area contributed by atoms with Gasteiger partial charge >= 0.3 is 0 Å². The fraction of sp³-hybridized carbons (Fsp3) is 0.292. The average Bonchev–Trinajstić information content (AvgIpc) is 3.23. The van der Waals surface area contributed by atoms with Crippen LogP contribution in [0.25, 0.3) is 16.9 Å². The molecule has 2 aromatic carbocycles.